The number of nitrogens with one attached hydrogen (secondary N) is 1. The van der Waals surface area contributed by atoms with Crippen molar-refractivity contribution in [2.24, 2.45) is 0 Å². The van der Waals surface area contributed by atoms with Crippen LogP contribution in [0, 0.1) is 0 Å². The first-order chi connectivity index (χ1) is 14.0. The van der Waals surface area contributed by atoms with Gasteiger partial charge in [0.2, 0.25) is 5.13 Å². The predicted octanol–water partition coefficient (Wildman–Crippen LogP) is 2.94. The van der Waals surface area contributed by atoms with Crippen LogP contribution in [0.25, 0.3) is 11.1 Å². The van der Waals surface area contributed by atoms with Crippen molar-refractivity contribution in [3.63, 3.8) is 0 Å². The maximum Gasteiger partial charge on any atom is 0.303 e. The highest BCUT2D eigenvalue weighted by atomic mass is 32.2. The standard InChI is InChI=1S/C19H20N4O4S2/c1-26-14-6-7-18(27-2)17(10-14)16-5-3-4-13-11-23(9-8-15(13)16)29(24,25)22-19-20-12-21-28-19/h3-7,10,12H,8-9,11H2,1-2H3,(H,20,21,22). The van der Waals surface area contributed by atoms with Gasteiger partial charge in [-0.2, -0.15) is 17.1 Å². The summed E-state index contributed by atoms with van der Waals surface area (Å²) >= 11 is 1.00. The summed E-state index contributed by atoms with van der Waals surface area (Å²) in [5.41, 5.74) is 4.02. The third kappa shape index (κ3) is 3.91. The van der Waals surface area contributed by atoms with E-state index in [1.54, 1.807) is 14.2 Å². The topological polar surface area (TPSA) is 93.7 Å². The average molecular weight is 433 g/mol. The molecule has 0 spiro atoms. The fourth-order valence-electron chi connectivity index (χ4n) is 3.46. The molecule has 10 heteroatoms. The Bertz CT molecular complexity index is 1120. The minimum Gasteiger partial charge on any atom is -0.497 e. The predicted molar refractivity (Wildman–Crippen MR) is 112 cm³/mol. The molecule has 0 saturated heterocycles. The van der Waals surface area contributed by atoms with Gasteiger partial charge in [-0.25, -0.2) is 9.71 Å². The molecule has 0 fully saturated rings. The average Bonchev–Trinajstić information content (AvgIpc) is 3.24. The number of hydrogen-bond donors (Lipinski definition) is 1. The molecule has 8 nitrogen and oxygen atoms in total. The zero-order chi connectivity index (χ0) is 20.4. The number of aromatic nitrogens is 2. The van der Waals surface area contributed by atoms with Crippen molar-refractivity contribution in [3.05, 3.63) is 53.9 Å². The summed E-state index contributed by atoms with van der Waals surface area (Å²) in [7, 11) is -0.446. The molecule has 152 valence electrons. The quantitative estimate of drug-likeness (QED) is 0.644. The van der Waals surface area contributed by atoms with Crippen molar-refractivity contribution in [1.29, 1.82) is 0 Å². The van der Waals surface area contributed by atoms with E-state index in [0.717, 1.165) is 45.3 Å². The third-order valence-corrected chi connectivity index (χ3v) is 7.00. The van der Waals surface area contributed by atoms with E-state index in [0.29, 0.717) is 13.0 Å². The monoisotopic (exact) mass is 432 g/mol. The molecule has 1 aromatic heterocycles. The van der Waals surface area contributed by atoms with Crippen LogP contribution in [-0.4, -0.2) is 42.8 Å². The summed E-state index contributed by atoms with van der Waals surface area (Å²) in [5, 5.41) is 0.255. The number of ether oxygens (including phenoxy) is 2. The highest BCUT2D eigenvalue weighted by Crippen LogP contribution is 2.38. The first kappa shape index (κ1) is 19.6. The van der Waals surface area contributed by atoms with E-state index in [1.165, 1.54) is 10.6 Å². The van der Waals surface area contributed by atoms with Crippen LogP contribution in [0.3, 0.4) is 0 Å². The van der Waals surface area contributed by atoms with E-state index in [9.17, 15) is 8.42 Å². The van der Waals surface area contributed by atoms with Crippen molar-refractivity contribution in [2.75, 3.05) is 25.5 Å². The van der Waals surface area contributed by atoms with Crippen molar-refractivity contribution in [2.45, 2.75) is 13.0 Å². The number of fused-ring (bicyclic) bond motifs is 1. The summed E-state index contributed by atoms with van der Waals surface area (Å²) in [5.74, 6) is 1.48. The van der Waals surface area contributed by atoms with E-state index in [-0.39, 0.29) is 11.7 Å². The van der Waals surface area contributed by atoms with Crippen molar-refractivity contribution >= 4 is 26.9 Å². The van der Waals surface area contributed by atoms with Gasteiger partial charge in [-0.3, -0.25) is 0 Å². The summed E-state index contributed by atoms with van der Waals surface area (Å²) in [6, 6.07) is 11.6. The fraction of sp³-hybridized carbons (Fsp3) is 0.263. The molecule has 29 heavy (non-hydrogen) atoms. The van der Waals surface area contributed by atoms with Gasteiger partial charge in [-0.1, -0.05) is 18.2 Å². The number of benzene rings is 2. The number of anilines is 1. The molecular weight excluding hydrogens is 412 g/mol. The lowest BCUT2D eigenvalue weighted by molar-refractivity contribution is 0.394. The molecule has 0 unspecified atom stereocenters. The lowest BCUT2D eigenvalue weighted by atomic mass is 9.91. The Hall–Kier alpha value is -2.69. The van der Waals surface area contributed by atoms with E-state index in [2.05, 4.69) is 14.1 Å². The highest BCUT2D eigenvalue weighted by Gasteiger charge is 2.29. The second-order valence-corrected chi connectivity index (χ2v) is 8.90. The second-order valence-electron chi connectivity index (χ2n) is 6.45. The van der Waals surface area contributed by atoms with Gasteiger partial charge in [0.25, 0.3) is 0 Å². The minimum absolute atomic E-state index is 0.255. The van der Waals surface area contributed by atoms with Gasteiger partial charge in [0, 0.05) is 30.2 Å². The lowest BCUT2D eigenvalue weighted by Crippen LogP contribution is -2.39. The SMILES string of the molecule is COc1ccc(OC)c(-c2cccc3c2CCN(S(=O)(=O)Nc2ncns2)C3)c1. The molecule has 1 N–H and O–H groups in total. The van der Waals surface area contributed by atoms with Crippen LogP contribution >= 0.6 is 11.5 Å². The number of nitrogens with zero attached hydrogens (tertiary/aromatic N) is 3. The largest absolute Gasteiger partial charge is 0.497 e. The van der Waals surface area contributed by atoms with E-state index in [1.807, 2.05) is 36.4 Å². The molecular formula is C19H20N4O4S2. The Morgan fingerprint density at radius 3 is 2.72 bits per heavy atom. The van der Waals surface area contributed by atoms with Gasteiger partial charge in [-0.05, 0) is 41.3 Å². The van der Waals surface area contributed by atoms with Gasteiger partial charge in [0.05, 0.1) is 14.2 Å². The number of hydrogen-bond acceptors (Lipinski definition) is 7. The Labute approximate surface area is 173 Å². The molecule has 1 aliphatic rings. The Kier molecular flexibility index (Phi) is 5.39. The fourth-order valence-corrected chi connectivity index (χ4v) is 5.26. The summed E-state index contributed by atoms with van der Waals surface area (Å²) in [4.78, 5) is 3.89. The third-order valence-electron chi connectivity index (χ3n) is 4.85. The summed E-state index contributed by atoms with van der Waals surface area (Å²) in [6.07, 6.45) is 1.91. The van der Waals surface area contributed by atoms with Crippen LogP contribution in [0.4, 0.5) is 5.13 Å². The van der Waals surface area contributed by atoms with E-state index < -0.39 is 10.2 Å². The molecule has 4 rings (SSSR count). The number of rotatable bonds is 6. The van der Waals surface area contributed by atoms with Gasteiger partial charge in [0.1, 0.15) is 17.8 Å². The van der Waals surface area contributed by atoms with Gasteiger partial charge < -0.3 is 9.47 Å². The van der Waals surface area contributed by atoms with Crippen molar-refractivity contribution < 1.29 is 17.9 Å². The van der Waals surface area contributed by atoms with Crippen molar-refractivity contribution in [3.8, 4) is 22.6 Å². The van der Waals surface area contributed by atoms with Crippen LogP contribution < -0.4 is 14.2 Å². The molecule has 0 radical (unpaired) electrons. The molecule has 0 amide bonds. The molecule has 3 aromatic rings. The molecule has 2 aromatic carbocycles. The Balaban J connectivity index is 1.67. The van der Waals surface area contributed by atoms with Crippen LogP contribution in [0.1, 0.15) is 11.1 Å². The van der Waals surface area contributed by atoms with Crippen LogP contribution in [0.5, 0.6) is 11.5 Å². The smallest absolute Gasteiger partial charge is 0.303 e. The molecule has 1 aliphatic heterocycles. The van der Waals surface area contributed by atoms with Crippen LogP contribution in [0.15, 0.2) is 42.7 Å². The molecule has 2 heterocycles. The number of methoxy groups -OCH3 is 2. The van der Waals surface area contributed by atoms with Gasteiger partial charge in [-0.15, -0.1) is 0 Å². The Morgan fingerprint density at radius 2 is 2.00 bits per heavy atom. The first-order valence-electron chi connectivity index (χ1n) is 8.89. The molecule has 0 bridgehead atoms. The normalized spacial score (nSPS) is 14.3. The molecule has 0 saturated carbocycles. The lowest BCUT2D eigenvalue weighted by Gasteiger charge is -2.29. The maximum atomic E-state index is 12.7. The minimum atomic E-state index is -3.70. The summed E-state index contributed by atoms with van der Waals surface area (Å²) < 4.78 is 44.1. The van der Waals surface area contributed by atoms with Crippen LogP contribution in [-0.2, 0) is 23.2 Å². The summed E-state index contributed by atoms with van der Waals surface area (Å²) in [6.45, 7) is 0.647. The van der Waals surface area contributed by atoms with Gasteiger partial charge >= 0.3 is 10.2 Å². The molecule has 0 atom stereocenters. The zero-order valence-corrected chi connectivity index (χ0v) is 17.6. The van der Waals surface area contributed by atoms with Gasteiger partial charge in [0.15, 0.2) is 0 Å². The van der Waals surface area contributed by atoms with Crippen molar-refractivity contribution in [1.82, 2.24) is 13.7 Å². The van der Waals surface area contributed by atoms with Crippen LogP contribution in [0.2, 0.25) is 0 Å². The molecule has 0 aliphatic carbocycles. The highest BCUT2D eigenvalue weighted by molar-refractivity contribution is 7.90. The Morgan fingerprint density at radius 1 is 1.14 bits per heavy atom. The second kappa shape index (κ2) is 7.97. The van der Waals surface area contributed by atoms with E-state index in [4.69, 9.17) is 9.47 Å². The first-order valence-corrected chi connectivity index (χ1v) is 11.1. The maximum absolute atomic E-state index is 12.7. The van der Waals surface area contributed by atoms with E-state index >= 15 is 0 Å². The zero-order valence-electron chi connectivity index (χ0n) is 16.0.